The van der Waals surface area contributed by atoms with Crippen LogP contribution in [0.25, 0.3) is 0 Å². The van der Waals surface area contributed by atoms with E-state index in [1.807, 2.05) is 11.9 Å². The van der Waals surface area contributed by atoms with Crippen molar-refractivity contribution in [1.29, 1.82) is 0 Å². The fraction of sp³-hybridized carbons (Fsp3) is 0.857. The summed E-state index contributed by atoms with van der Waals surface area (Å²) in [6.07, 6.45) is 0. The lowest BCUT2D eigenvalue weighted by Crippen LogP contribution is -2.39. The molecule has 0 fully saturated rings. The van der Waals surface area contributed by atoms with E-state index in [9.17, 15) is 0 Å². The van der Waals surface area contributed by atoms with Crippen LogP contribution in [0.1, 0.15) is 20.8 Å². The molecule has 0 radical (unpaired) electrons. The van der Waals surface area contributed by atoms with Crippen molar-refractivity contribution in [2.75, 3.05) is 13.6 Å². The van der Waals surface area contributed by atoms with Crippen LogP contribution in [-0.2, 0) is 0 Å². The van der Waals surface area contributed by atoms with E-state index in [1.165, 1.54) is 0 Å². The van der Waals surface area contributed by atoms with Crippen molar-refractivity contribution in [3.63, 3.8) is 0 Å². The summed E-state index contributed by atoms with van der Waals surface area (Å²) < 4.78 is 0. The number of hydrazone groups is 1. The minimum absolute atomic E-state index is 0.212. The Hall–Kier alpha value is -0.930. The van der Waals surface area contributed by atoms with Crippen molar-refractivity contribution in [2.24, 2.45) is 22.1 Å². The Labute approximate surface area is 68.2 Å². The summed E-state index contributed by atoms with van der Waals surface area (Å²) in [6, 6.07) is 0. The first-order valence-electron chi connectivity index (χ1n) is 3.61. The number of hydrogen-bond acceptors (Lipinski definition) is 2. The number of rotatable bonds is 1. The molecule has 11 heavy (non-hydrogen) atoms. The minimum Gasteiger partial charge on any atom is -0.368 e. The van der Waals surface area contributed by atoms with Gasteiger partial charge in [0.1, 0.15) is 0 Å². The second kappa shape index (κ2) is 3.46. The first-order chi connectivity index (χ1) is 4.87. The summed E-state index contributed by atoms with van der Waals surface area (Å²) >= 11 is 0. The van der Waals surface area contributed by atoms with Crippen LogP contribution >= 0.6 is 0 Å². The monoisotopic (exact) mass is 158 g/mol. The van der Waals surface area contributed by atoms with Gasteiger partial charge in [0.15, 0.2) is 0 Å². The molecule has 0 spiro atoms. The average molecular weight is 158 g/mol. The third-order valence-electron chi connectivity index (χ3n) is 1.23. The van der Waals surface area contributed by atoms with E-state index in [-0.39, 0.29) is 5.41 Å². The maximum Gasteiger partial charge on any atom is 0.213 e. The van der Waals surface area contributed by atoms with Gasteiger partial charge in [0.2, 0.25) is 5.96 Å². The van der Waals surface area contributed by atoms with Crippen LogP contribution in [-0.4, -0.2) is 24.5 Å². The molecule has 0 amide bonds. The van der Waals surface area contributed by atoms with Gasteiger partial charge in [-0.1, -0.05) is 20.8 Å². The van der Waals surface area contributed by atoms with Crippen LogP contribution in [0, 0.1) is 5.41 Å². The van der Waals surface area contributed by atoms with Gasteiger partial charge in [-0.2, -0.15) is 0 Å². The van der Waals surface area contributed by atoms with Crippen LogP contribution in [0.4, 0.5) is 0 Å². The Morgan fingerprint density at radius 2 is 1.91 bits per heavy atom. The predicted octanol–water partition coefficient (Wildman–Crippen LogP) is 0.153. The summed E-state index contributed by atoms with van der Waals surface area (Å²) in [7, 11) is 1.87. The van der Waals surface area contributed by atoms with Crippen LogP contribution in [0.15, 0.2) is 5.10 Å². The van der Waals surface area contributed by atoms with Crippen LogP contribution in [0.3, 0.4) is 0 Å². The highest BCUT2D eigenvalue weighted by Gasteiger charge is 2.14. The van der Waals surface area contributed by atoms with E-state index in [0.717, 1.165) is 6.54 Å². The van der Waals surface area contributed by atoms with Crippen molar-refractivity contribution in [3.8, 4) is 0 Å². The van der Waals surface area contributed by atoms with Crippen molar-refractivity contribution in [3.05, 3.63) is 0 Å². The molecule has 4 heteroatoms. The van der Waals surface area contributed by atoms with Gasteiger partial charge in [-0.15, -0.1) is 5.10 Å². The Balaban J connectivity index is 3.98. The van der Waals surface area contributed by atoms with Gasteiger partial charge >= 0.3 is 0 Å². The van der Waals surface area contributed by atoms with Gasteiger partial charge in [0.25, 0.3) is 0 Å². The second-order valence-electron chi connectivity index (χ2n) is 3.90. The number of hydrogen-bond donors (Lipinski definition) is 2. The molecule has 0 aromatic rings. The van der Waals surface area contributed by atoms with E-state index >= 15 is 0 Å². The van der Waals surface area contributed by atoms with E-state index < -0.39 is 0 Å². The molecule has 0 aliphatic rings. The number of nitrogens with two attached hydrogens (primary N) is 2. The fourth-order valence-corrected chi connectivity index (χ4v) is 0.891. The van der Waals surface area contributed by atoms with Crippen molar-refractivity contribution in [1.82, 2.24) is 4.90 Å². The molecule has 0 heterocycles. The summed E-state index contributed by atoms with van der Waals surface area (Å²) in [4.78, 5) is 1.83. The molecule has 0 atom stereocenters. The summed E-state index contributed by atoms with van der Waals surface area (Å²) in [6.45, 7) is 7.24. The standard InChI is InChI=1S/C7H18N4/c1-7(2,3)5-11(4)6(8)10-9/h5,9H2,1-4H3,(H2,8,10). The summed E-state index contributed by atoms with van der Waals surface area (Å²) in [5.74, 6) is 5.39. The second-order valence-corrected chi connectivity index (χ2v) is 3.90. The highest BCUT2D eigenvalue weighted by atomic mass is 15.3. The van der Waals surface area contributed by atoms with E-state index in [4.69, 9.17) is 11.6 Å². The molecular formula is C7H18N4. The third kappa shape index (κ3) is 4.47. The molecule has 0 aromatic carbocycles. The quantitative estimate of drug-likeness (QED) is 0.247. The fourth-order valence-electron chi connectivity index (χ4n) is 0.891. The molecule has 0 saturated heterocycles. The Morgan fingerprint density at radius 1 is 1.45 bits per heavy atom. The summed E-state index contributed by atoms with van der Waals surface area (Å²) in [5, 5.41) is 3.39. The minimum atomic E-state index is 0.212. The first kappa shape index (κ1) is 10.1. The molecule has 0 aliphatic heterocycles. The molecular weight excluding hydrogens is 140 g/mol. The van der Waals surface area contributed by atoms with Gasteiger partial charge < -0.3 is 16.5 Å². The van der Waals surface area contributed by atoms with Gasteiger partial charge in [0.05, 0.1) is 0 Å². The molecule has 0 bridgehead atoms. The smallest absolute Gasteiger partial charge is 0.213 e. The van der Waals surface area contributed by atoms with Crippen molar-refractivity contribution >= 4 is 5.96 Å². The molecule has 0 saturated carbocycles. The zero-order valence-electron chi connectivity index (χ0n) is 7.76. The Morgan fingerprint density at radius 3 is 2.18 bits per heavy atom. The predicted molar refractivity (Wildman–Crippen MR) is 47.9 cm³/mol. The molecule has 4 nitrogen and oxygen atoms in total. The lowest BCUT2D eigenvalue weighted by Gasteiger charge is -2.26. The lowest BCUT2D eigenvalue weighted by molar-refractivity contribution is 0.304. The molecule has 66 valence electrons. The largest absolute Gasteiger partial charge is 0.368 e. The van der Waals surface area contributed by atoms with Crippen LogP contribution in [0.5, 0.6) is 0 Å². The molecule has 0 aliphatic carbocycles. The van der Waals surface area contributed by atoms with E-state index in [0.29, 0.717) is 5.96 Å². The van der Waals surface area contributed by atoms with E-state index in [1.54, 1.807) is 0 Å². The van der Waals surface area contributed by atoms with Crippen LogP contribution < -0.4 is 11.6 Å². The van der Waals surface area contributed by atoms with Gasteiger partial charge in [-0.3, -0.25) is 0 Å². The molecule has 4 N–H and O–H groups in total. The maximum absolute atomic E-state index is 5.47. The highest BCUT2D eigenvalue weighted by Crippen LogP contribution is 2.13. The molecule has 0 rings (SSSR count). The summed E-state index contributed by atoms with van der Waals surface area (Å²) in [5.41, 5.74) is 5.69. The Bertz CT molecular complexity index is 145. The van der Waals surface area contributed by atoms with Gasteiger partial charge in [-0.25, -0.2) is 0 Å². The first-order valence-corrected chi connectivity index (χ1v) is 3.61. The van der Waals surface area contributed by atoms with Crippen molar-refractivity contribution < 1.29 is 0 Å². The van der Waals surface area contributed by atoms with Gasteiger partial charge in [-0.05, 0) is 5.41 Å². The third-order valence-corrected chi connectivity index (χ3v) is 1.23. The lowest BCUT2D eigenvalue weighted by atomic mass is 9.96. The number of guanidine groups is 1. The van der Waals surface area contributed by atoms with E-state index in [2.05, 4.69) is 25.9 Å². The van der Waals surface area contributed by atoms with Crippen molar-refractivity contribution in [2.45, 2.75) is 20.8 Å². The maximum atomic E-state index is 5.47. The average Bonchev–Trinajstić information content (AvgIpc) is 1.82. The zero-order valence-corrected chi connectivity index (χ0v) is 7.76. The number of nitrogens with zero attached hydrogens (tertiary/aromatic N) is 2. The van der Waals surface area contributed by atoms with Gasteiger partial charge in [0, 0.05) is 13.6 Å². The topological polar surface area (TPSA) is 67.6 Å². The zero-order chi connectivity index (χ0) is 9.07. The Kier molecular flexibility index (Phi) is 3.17. The molecule has 0 unspecified atom stereocenters. The normalized spacial score (nSPS) is 13.3. The van der Waals surface area contributed by atoms with Crippen LogP contribution in [0.2, 0.25) is 0 Å². The highest BCUT2D eigenvalue weighted by molar-refractivity contribution is 5.77. The SMILES string of the molecule is CN(CC(C)(C)C)C(N)=NN. The molecule has 0 aromatic heterocycles.